The van der Waals surface area contributed by atoms with Crippen molar-refractivity contribution < 1.29 is 0 Å². The maximum atomic E-state index is 6.50. The molecule has 0 aromatic heterocycles. The van der Waals surface area contributed by atoms with Crippen molar-refractivity contribution in [3.63, 3.8) is 0 Å². The lowest BCUT2D eigenvalue weighted by atomic mass is 9.57. The fourth-order valence-corrected chi connectivity index (χ4v) is 5.04. The van der Waals surface area contributed by atoms with Crippen LogP contribution in [0.3, 0.4) is 0 Å². The Morgan fingerprint density at radius 2 is 1.19 bits per heavy atom. The number of hydrogen-bond acceptors (Lipinski definition) is 1. The van der Waals surface area contributed by atoms with E-state index in [1.54, 1.807) is 0 Å². The zero-order valence-corrected chi connectivity index (χ0v) is 23.2. The minimum atomic E-state index is 0.101. The lowest BCUT2D eigenvalue weighted by Crippen LogP contribution is -2.33. The molecule has 4 aromatic carbocycles. The van der Waals surface area contributed by atoms with Crippen molar-refractivity contribution in [2.75, 3.05) is 5.73 Å². The van der Waals surface area contributed by atoms with Crippen LogP contribution in [0.15, 0.2) is 91.0 Å². The van der Waals surface area contributed by atoms with Crippen LogP contribution in [-0.2, 0) is 17.2 Å². The Bertz CT molecular complexity index is 1350. The van der Waals surface area contributed by atoms with Crippen molar-refractivity contribution in [1.82, 2.24) is 0 Å². The molecule has 0 atom stereocenters. The molecule has 3 heteroatoms. The average molecular weight is 494 g/mol. The third-order valence-electron chi connectivity index (χ3n) is 6.97. The number of halogens is 1. The number of benzene rings is 4. The monoisotopic (exact) mass is 493 g/mol. The number of fused-ring (bicyclic) bond motifs is 3. The first-order chi connectivity index (χ1) is 16.9. The molecule has 0 unspecified atom stereocenters. The van der Waals surface area contributed by atoms with Crippen LogP contribution in [0, 0.1) is 0 Å². The van der Waals surface area contributed by atoms with Gasteiger partial charge in [-0.1, -0.05) is 126 Å². The van der Waals surface area contributed by atoms with E-state index in [1.165, 1.54) is 38.8 Å². The Labute approximate surface area is 222 Å². The summed E-state index contributed by atoms with van der Waals surface area (Å²) in [6.45, 7) is 13.4. The number of nitrogen functional groups attached to an aromatic ring is 1. The van der Waals surface area contributed by atoms with Gasteiger partial charge in [0.25, 0.3) is 6.13 Å². The molecular weight excluding hydrogens is 457 g/mol. The lowest BCUT2D eigenvalue weighted by molar-refractivity contribution is 0.590. The Morgan fingerprint density at radius 3 is 1.83 bits per heavy atom. The molecule has 5 rings (SSSR count). The Morgan fingerprint density at radius 1 is 0.639 bits per heavy atom. The fraction of sp³-hybridized carbons (Fsp3) is 0.273. The molecule has 0 saturated heterocycles. The van der Waals surface area contributed by atoms with Gasteiger partial charge in [-0.25, -0.2) is 0 Å². The molecule has 184 valence electrons. The van der Waals surface area contributed by atoms with Crippen molar-refractivity contribution in [2.45, 2.75) is 58.7 Å². The van der Waals surface area contributed by atoms with Crippen LogP contribution in [0.5, 0.6) is 0 Å². The van der Waals surface area contributed by atoms with Gasteiger partial charge in [-0.05, 0) is 62.7 Å². The molecule has 1 nitrogen and oxygen atoms in total. The second-order valence-corrected chi connectivity index (χ2v) is 12.3. The van der Waals surface area contributed by atoms with Crippen LogP contribution < -0.4 is 11.2 Å². The highest BCUT2D eigenvalue weighted by Crippen LogP contribution is 2.34. The third kappa shape index (κ3) is 5.71. The summed E-state index contributed by atoms with van der Waals surface area (Å²) < 4.78 is 0. The lowest BCUT2D eigenvalue weighted by Gasteiger charge is -2.26. The van der Waals surface area contributed by atoms with E-state index in [0.717, 1.165) is 17.6 Å². The van der Waals surface area contributed by atoms with Crippen LogP contribution >= 0.6 is 11.5 Å². The Balaban J connectivity index is 0.000000170. The molecule has 4 aromatic rings. The first kappa shape index (κ1) is 26.1. The molecule has 1 aliphatic rings. The number of anilines is 1. The van der Waals surface area contributed by atoms with E-state index in [0.29, 0.717) is 0 Å². The number of nitrogens with two attached hydrogens (primary N) is 1. The number of rotatable bonds is 1. The van der Waals surface area contributed by atoms with Gasteiger partial charge >= 0.3 is 0 Å². The van der Waals surface area contributed by atoms with Gasteiger partial charge < -0.3 is 5.73 Å². The van der Waals surface area contributed by atoms with E-state index in [9.17, 15) is 0 Å². The van der Waals surface area contributed by atoms with Gasteiger partial charge in [-0.3, -0.25) is 0 Å². The third-order valence-corrected chi connectivity index (χ3v) is 7.36. The predicted molar refractivity (Wildman–Crippen MR) is 161 cm³/mol. The van der Waals surface area contributed by atoms with Gasteiger partial charge in [0.15, 0.2) is 0 Å². The highest BCUT2D eigenvalue weighted by molar-refractivity contribution is 7.14. The molecule has 1 heterocycles. The summed E-state index contributed by atoms with van der Waals surface area (Å²) >= 11 is 6.50. The van der Waals surface area contributed by atoms with E-state index >= 15 is 0 Å². The van der Waals surface area contributed by atoms with Crippen LogP contribution in [0.1, 0.15) is 58.2 Å². The van der Waals surface area contributed by atoms with E-state index in [2.05, 4.69) is 108 Å². The van der Waals surface area contributed by atoms with E-state index in [1.807, 2.05) is 24.3 Å². The van der Waals surface area contributed by atoms with Crippen molar-refractivity contribution in [1.29, 1.82) is 0 Å². The molecule has 1 aliphatic heterocycles. The summed E-state index contributed by atoms with van der Waals surface area (Å²) in [5, 5.41) is 0. The average Bonchev–Trinajstić information content (AvgIpc) is 2.84. The zero-order chi connectivity index (χ0) is 26.1. The molecule has 0 aliphatic carbocycles. The molecule has 0 fully saturated rings. The van der Waals surface area contributed by atoms with Gasteiger partial charge in [0.05, 0.1) is 0 Å². The zero-order valence-electron chi connectivity index (χ0n) is 22.4. The number of hydrogen-bond donors (Lipinski definition) is 1. The van der Waals surface area contributed by atoms with Crippen LogP contribution in [0.4, 0.5) is 5.69 Å². The molecule has 0 radical (unpaired) electrons. The molecule has 36 heavy (non-hydrogen) atoms. The van der Waals surface area contributed by atoms with Crippen molar-refractivity contribution >= 4 is 28.7 Å². The maximum Gasteiger partial charge on any atom is 0.288 e. The smallest absolute Gasteiger partial charge is 0.288 e. The predicted octanol–water partition coefficient (Wildman–Crippen LogP) is 8.42. The quantitative estimate of drug-likeness (QED) is 0.209. The van der Waals surface area contributed by atoms with Crippen LogP contribution in [0.25, 0.3) is 22.3 Å². The second kappa shape index (κ2) is 10.2. The molecule has 2 N–H and O–H groups in total. The topological polar surface area (TPSA) is 26.0 Å². The van der Waals surface area contributed by atoms with Crippen molar-refractivity contribution in [3.05, 3.63) is 108 Å². The summed E-state index contributed by atoms with van der Waals surface area (Å²) in [7, 11) is 0. The SMILES string of the molecule is CC(C)(C)c1ccc(N)c(-c2ccccc2)c1.CC(C)(C)c1ccc2c(c1)-c1ccccc1B(Cl)C2. The second-order valence-electron chi connectivity index (χ2n) is 11.8. The van der Waals surface area contributed by atoms with E-state index < -0.39 is 0 Å². The largest absolute Gasteiger partial charge is 0.398 e. The summed E-state index contributed by atoms with van der Waals surface area (Å²) in [5.74, 6) is 0. The van der Waals surface area contributed by atoms with Crippen molar-refractivity contribution in [2.24, 2.45) is 0 Å². The summed E-state index contributed by atoms with van der Waals surface area (Å²) in [6.07, 6.45) is 1.03. The van der Waals surface area contributed by atoms with Crippen LogP contribution in [-0.4, -0.2) is 6.13 Å². The summed E-state index contributed by atoms with van der Waals surface area (Å²) in [5.41, 5.74) is 17.5. The first-order valence-corrected chi connectivity index (χ1v) is 13.2. The summed E-state index contributed by atoms with van der Waals surface area (Å²) in [4.78, 5) is 0. The fourth-order valence-electron chi connectivity index (χ4n) is 4.68. The maximum absolute atomic E-state index is 6.50. The highest BCUT2D eigenvalue weighted by Gasteiger charge is 2.27. The highest BCUT2D eigenvalue weighted by atomic mass is 35.5. The standard InChI is InChI=1S/C17H18BCl.C16H19N/c1-17(2,3)13-9-8-12-11-18(19)16-7-5-4-6-14(16)15(12)10-13;1-16(2,3)13-9-10-15(17)14(11-13)12-7-5-4-6-8-12/h4-10H,11H2,1-3H3;4-11H,17H2,1-3H3. The normalized spacial score (nSPS) is 12.8. The van der Waals surface area contributed by atoms with E-state index in [-0.39, 0.29) is 17.0 Å². The molecule has 0 bridgehead atoms. The van der Waals surface area contributed by atoms with E-state index in [4.69, 9.17) is 17.2 Å². The minimum absolute atomic E-state index is 0.101. The van der Waals surface area contributed by atoms with Gasteiger partial charge in [0, 0.05) is 11.3 Å². The Hall–Kier alpha value is -2.97. The summed E-state index contributed by atoms with van der Waals surface area (Å²) in [6, 6.07) is 32.0. The van der Waals surface area contributed by atoms with Crippen LogP contribution in [0.2, 0.25) is 0 Å². The Kier molecular flexibility index (Phi) is 7.39. The molecule has 0 amide bonds. The minimum Gasteiger partial charge on any atom is -0.398 e. The molecule has 0 saturated carbocycles. The van der Waals surface area contributed by atoms with Gasteiger partial charge in [-0.15, -0.1) is 0 Å². The molecule has 0 spiro atoms. The first-order valence-electron chi connectivity index (χ1n) is 12.8. The van der Waals surface area contributed by atoms with Gasteiger partial charge in [0.1, 0.15) is 0 Å². The molecular formula is C33H37BClN. The van der Waals surface area contributed by atoms with Crippen molar-refractivity contribution in [3.8, 4) is 22.3 Å². The van der Waals surface area contributed by atoms with Gasteiger partial charge in [-0.2, -0.15) is 11.5 Å². The van der Waals surface area contributed by atoms with Gasteiger partial charge in [0.2, 0.25) is 0 Å².